The number of aromatic amines is 1. The summed E-state index contributed by atoms with van der Waals surface area (Å²) >= 11 is 0. The summed E-state index contributed by atoms with van der Waals surface area (Å²) < 4.78 is 1.93. The molecule has 1 fully saturated rings. The van der Waals surface area contributed by atoms with Gasteiger partial charge in [0.25, 0.3) is 5.56 Å². The summed E-state index contributed by atoms with van der Waals surface area (Å²) in [6.45, 7) is 3.56. The van der Waals surface area contributed by atoms with Gasteiger partial charge < -0.3 is 25.1 Å². The zero-order valence-corrected chi connectivity index (χ0v) is 22.5. The van der Waals surface area contributed by atoms with Crippen LogP contribution in [0.4, 0.5) is 11.4 Å². The summed E-state index contributed by atoms with van der Waals surface area (Å²) in [6, 6.07) is 19.8. The second-order valence-electron chi connectivity index (χ2n) is 11.5. The van der Waals surface area contributed by atoms with E-state index in [2.05, 4.69) is 44.8 Å². The van der Waals surface area contributed by atoms with Crippen LogP contribution in [0.3, 0.4) is 0 Å². The Morgan fingerprint density at radius 3 is 2.80 bits per heavy atom. The molecule has 2 amide bonds. The lowest BCUT2D eigenvalue weighted by atomic mass is 9.69. The number of pyridine rings is 1. The molecule has 7 rings (SSSR count). The molecule has 4 aromatic rings. The summed E-state index contributed by atoms with van der Waals surface area (Å²) in [5, 5.41) is 7.34. The van der Waals surface area contributed by atoms with Gasteiger partial charge >= 0.3 is 0 Å². The van der Waals surface area contributed by atoms with Crippen molar-refractivity contribution in [1.29, 1.82) is 0 Å². The Kier molecular flexibility index (Phi) is 5.99. The topological polar surface area (TPSA) is 99.2 Å². The molecule has 3 aliphatic heterocycles. The van der Waals surface area contributed by atoms with Gasteiger partial charge in [-0.2, -0.15) is 0 Å². The highest BCUT2D eigenvalue weighted by Gasteiger charge is 2.49. The van der Waals surface area contributed by atoms with E-state index in [4.69, 9.17) is 0 Å². The molecule has 3 N–H and O–H groups in total. The molecule has 0 spiro atoms. The number of benzene rings is 2. The lowest BCUT2D eigenvalue weighted by Crippen LogP contribution is -2.60. The van der Waals surface area contributed by atoms with E-state index in [0.29, 0.717) is 25.4 Å². The minimum absolute atomic E-state index is 0.0385. The minimum atomic E-state index is -0.282. The Hall–Kier alpha value is -4.33. The second-order valence-corrected chi connectivity index (χ2v) is 11.5. The number of amides is 2. The van der Waals surface area contributed by atoms with Crippen LogP contribution in [0.15, 0.2) is 71.7 Å². The van der Waals surface area contributed by atoms with Gasteiger partial charge in [0.2, 0.25) is 11.8 Å². The average Bonchev–Trinajstić information content (AvgIpc) is 3.35. The number of nitrogens with one attached hydrogen (secondary N) is 3. The molecular weight excluding hydrogens is 502 g/mol. The van der Waals surface area contributed by atoms with E-state index in [-0.39, 0.29) is 35.3 Å². The molecule has 2 aromatic carbocycles. The van der Waals surface area contributed by atoms with Gasteiger partial charge in [-0.25, -0.2) is 0 Å². The van der Waals surface area contributed by atoms with Crippen molar-refractivity contribution in [2.24, 2.45) is 11.8 Å². The summed E-state index contributed by atoms with van der Waals surface area (Å²) in [5.41, 5.74) is 6.31. The number of H-pyrrole nitrogens is 1. The number of aromatic nitrogens is 2. The fraction of sp³-hybridized carbons (Fsp3) is 0.344. The number of hydrogen-bond donors (Lipinski definition) is 3. The maximum absolute atomic E-state index is 14.0. The van der Waals surface area contributed by atoms with E-state index >= 15 is 0 Å². The van der Waals surface area contributed by atoms with Crippen molar-refractivity contribution in [1.82, 2.24) is 14.9 Å². The lowest BCUT2D eigenvalue weighted by molar-refractivity contribution is -0.126. The Balaban J connectivity index is 1.21. The van der Waals surface area contributed by atoms with Crippen LogP contribution < -0.4 is 21.1 Å². The van der Waals surface area contributed by atoms with E-state index in [0.717, 1.165) is 47.5 Å². The molecule has 8 nitrogen and oxygen atoms in total. The number of anilines is 2. The van der Waals surface area contributed by atoms with Gasteiger partial charge in [0, 0.05) is 78.8 Å². The zero-order chi connectivity index (χ0) is 27.4. The maximum Gasteiger partial charge on any atom is 0.250 e. The van der Waals surface area contributed by atoms with Crippen molar-refractivity contribution >= 4 is 34.1 Å². The van der Waals surface area contributed by atoms with Crippen LogP contribution in [0.5, 0.6) is 0 Å². The monoisotopic (exact) mass is 535 g/mol. The zero-order valence-electron chi connectivity index (χ0n) is 22.5. The number of fused-ring (bicyclic) bond motifs is 9. The third-order valence-electron chi connectivity index (χ3n) is 8.99. The van der Waals surface area contributed by atoms with Gasteiger partial charge in [0.15, 0.2) is 0 Å². The molecule has 204 valence electrons. The van der Waals surface area contributed by atoms with Crippen molar-refractivity contribution < 1.29 is 9.59 Å². The van der Waals surface area contributed by atoms with Crippen molar-refractivity contribution in [2.45, 2.75) is 44.7 Å². The van der Waals surface area contributed by atoms with Gasteiger partial charge in [-0.3, -0.25) is 14.4 Å². The predicted octanol–water partition coefficient (Wildman–Crippen LogP) is 3.81. The first-order valence-corrected chi connectivity index (χ1v) is 14.2. The van der Waals surface area contributed by atoms with Gasteiger partial charge in [0.1, 0.15) is 0 Å². The average molecular weight is 536 g/mol. The van der Waals surface area contributed by atoms with Gasteiger partial charge in [-0.1, -0.05) is 24.3 Å². The highest BCUT2D eigenvalue weighted by Crippen LogP contribution is 2.48. The first-order chi connectivity index (χ1) is 19.5. The summed E-state index contributed by atoms with van der Waals surface area (Å²) in [6.07, 6.45) is 4.32. The van der Waals surface area contributed by atoms with Gasteiger partial charge in [0.05, 0.1) is 5.92 Å². The number of para-hydroxylation sites is 1. The second kappa shape index (κ2) is 9.70. The molecule has 2 bridgehead atoms. The molecule has 4 atom stereocenters. The number of carbonyl (C=O) groups is 2. The largest absolute Gasteiger partial charge is 0.366 e. The van der Waals surface area contributed by atoms with Crippen LogP contribution in [0.1, 0.15) is 36.1 Å². The van der Waals surface area contributed by atoms with Crippen LogP contribution in [0.2, 0.25) is 0 Å². The highest BCUT2D eigenvalue weighted by molar-refractivity contribution is 5.89. The van der Waals surface area contributed by atoms with E-state index in [1.165, 1.54) is 17.9 Å². The predicted molar refractivity (Wildman–Crippen MR) is 156 cm³/mol. The number of piperidine rings is 1. The quantitative estimate of drug-likeness (QED) is 0.362. The molecule has 0 radical (unpaired) electrons. The van der Waals surface area contributed by atoms with Crippen LogP contribution in [-0.2, 0) is 29.0 Å². The molecule has 1 saturated heterocycles. The normalized spacial score (nSPS) is 22.7. The van der Waals surface area contributed by atoms with Crippen molar-refractivity contribution in [3.8, 4) is 0 Å². The fourth-order valence-corrected chi connectivity index (χ4v) is 7.39. The SMILES string of the molecule is CC(=O)Nc1ccc2c(c1)CC(C(=O)NCCc1c[nH]c3ccccc13)C1C3CC(CN21)Cn1c3cccc1=O. The lowest BCUT2D eigenvalue weighted by Gasteiger charge is -2.54. The minimum Gasteiger partial charge on any atom is -0.366 e. The van der Waals surface area contributed by atoms with E-state index < -0.39 is 0 Å². The fourth-order valence-electron chi connectivity index (χ4n) is 7.39. The molecule has 0 aliphatic carbocycles. The Labute approximate surface area is 232 Å². The number of hydrogen-bond acceptors (Lipinski definition) is 4. The molecular formula is C32H33N5O3. The molecule has 0 saturated carbocycles. The third-order valence-corrected chi connectivity index (χ3v) is 8.99. The van der Waals surface area contributed by atoms with Crippen molar-refractivity contribution in [3.63, 3.8) is 0 Å². The van der Waals surface area contributed by atoms with Gasteiger partial charge in [-0.15, -0.1) is 0 Å². The molecule has 8 heteroatoms. The first kappa shape index (κ1) is 24.7. The number of carbonyl (C=O) groups excluding carboxylic acids is 2. The summed E-state index contributed by atoms with van der Waals surface area (Å²) in [5.74, 6) is 0.0687. The number of nitrogens with zero attached hydrogens (tertiary/aromatic N) is 2. The van der Waals surface area contributed by atoms with Crippen molar-refractivity contribution in [2.75, 3.05) is 23.3 Å². The third kappa shape index (κ3) is 4.18. The Morgan fingerprint density at radius 1 is 1.05 bits per heavy atom. The molecule has 5 heterocycles. The molecule has 4 unspecified atom stereocenters. The molecule has 2 aromatic heterocycles. The summed E-state index contributed by atoms with van der Waals surface area (Å²) in [7, 11) is 0. The van der Waals surface area contributed by atoms with Crippen LogP contribution in [-0.4, -0.2) is 40.5 Å². The van der Waals surface area contributed by atoms with Gasteiger partial charge in [-0.05, 0) is 66.6 Å². The summed E-state index contributed by atoms with van der Waals surface area (Å²) in [4.78, 5) is 44.2. The molecule has 3 aliphatic rings. The maximum atomic E-state index is 14.0. The van der Waals surface area contributed by atoms with Crippen molar-refractivity contribution in [3.05, 3.63) is 94.0 Å². The van der Waals surface area contributed by atoms with Crippen LogP contribution in [0.25, 0.3) is 10.9 Å². The standard InChI is InChI=1S/C32H33N5O3/c1-19(38)35-23-9-10-28-22(14-23)15-26(32(40)33-12-11-21-16-34-27-6-3-2-5-24(21)27)31-25-13-20(18-37(28)31)17-36-29(25)7-4-8-30(36)39/h2-10,14,16,20,25-26,31,34H,11-13,15,17-18H2,1H3,(H,33,40)(H,35,38). The molecule has 40 heavy (non-hydrogen) atoms. The smallest absolute Gasteiger partial charge is 0.250 e. The Bertz CT molecular complexity index is 1690. The van der Waals surface area contributed by atoms with E-state index in [9.17, 15) is 14.4 Å². The number of rotatable bonds is 5. The van der Waals surface area contributed by atoms with Crippen LogP contribution in [0, 0.1) is 11.8 Å². The van der Waals surface area contributed by atoms with Crippen LogP contribution >= 0.6 is 0 Å². The van der Waals surface area contributed by atoms with E-state index in [1.54, 1.807) is 6.07 Å². The van der Waals surface area contributed by atoms with E-state index in [1.807, 2.05) is 41.1 Å². The Morgan fingerprint density at radius 2 is 1.93 bits per heavy atom. The first-order valence-electron chi connectivity index (χ1n) is 14.2. The highest BCUT2D eigenvalue weighted by atomic mass is 16.2.